The number of anilines is 2. The Morgan fingerprint density at radius 1 is 1.03 bits per heavy atom. The minimum atomic E-state index is 0.0148. The smallest absolute Gasteiger partial charge is 0.260 e. The zero-order valence-electron chi connectivity index (χ0n) is 22.1. The fourth-order valence-electron chi connectivity index (χ4n) is 5.41. The number of fused-ring (bicyclic) bond motifs is 1. The van der Waals surface area contributed by atoms with Gasteiger partial charge in [0.2, 0.25) is 11.8 Å². The maximum absolute atomic E-state index is 12.2. The number of likely N-dealkylation sites (tertiary alicyclic amines) is 1. The van der Waals surface area contributed by atoms with Crippen LogP contribution in [0.25, 0.3) is 10.9 Å². The fourth-order valence-corrected chi connectivity index (χ4v) is 5.41. The molecule has 39 heavy (non-hydrogen) atoms. The molecule has 11 nitrogen and oxygen atoms in total. The Balaban J connectivity index is 1.01. The molecule has 3 fully saturated rings. The topological polar surface area (TPSA) is 115 Å². The molecule has 6 rings (SSSR count). The largest absolute Gasteiger partial charge is 0.481 e. The van der Waals surface area contributed by atoms with Gasteiger partial charge in [-0.05, 0) is 50.7 Å². The van der Waals surface area contributed by atoms with Crippen molar-refractivity contribution in [2.75, 3.05) is 56.2 Å². The van der Waals surface area contributed by atoms with E-state index < -0.39 is 0 Å². The Bertz CT molecular complexity index is 1250. The van der Waals surface area contributed by atoms with Gasteiger partial charge in [-0.1, -0.05) is 0 Å². The summed E-state index contributed by atoms with van der Waals surface area (Å²) >= 11 is 0. The third-order valence-corrected chi connectivity index (χ3v) is 7.62. The van der Waals surface area contributed by atoms with Gasteiger partial charge in [0.25, 0.3) is 5.91 Å². The van der Waals surface area contributed by atoms with E-state index in [1.54, 1.807) is 18.6 Å². The number of hydrogen-bond donors (Lipinski definition) is 1. The lowest BCUT2D eigenvalue weighted by atomic mass is 9.93. The second-order valence-electron chi connectivity index (χ2n) is 10.3. The SMILES string of the molecule is O=C(COc1cnc(N[C@H]2CC[C@@H](Oc3nc(N4CCOCC4)cc4ncccc34)CC2)nc1)N1CCCC1. The zero-order valence-corrected chi connectivity index (χ0v) is 22.1. The molecule has 3 aromatic rings. The van der Waals surface area contributed by atoms with Crippen molar-refractivity contribution < 1.29 is 19.0 Å². The summed E-state index contributed by atoms with van der Waals surface area (Å²) in [6.45, 7) is 4.69. The number of ether oxygens (including phenoxy) is 3. The highest BCUT2D eigenvalue weighted by molar-refractivity contribution is 5.85. The summed E-state index contributed by atoms with van der Waals surface area (Å²) in [7, 11) is 0. The van der Waals surface area contributed by atoms with Crippen molar-refractivity contribution in [2.24, 2.45) is 0 Å². The number of amides is 1. The fraction of sp³-hybridized carbons (Fsp3) is 0.536. The molecule has 2 aliphatic heterocycles. The van der Waals surface area contributed by atoms with Crippen molar-refractivity contribution in [3.63, 3.8) is 0 Å². The molecule has 0 bridgehead atoms. The summed E-state index contributed by atoms with van der Waals surface area (Å²) in [5, 5.41) is 4.37. The maximum atomic E-state index is 12.2. The zero-order chi connectivity index (χ0) is 26.4. The van der Waals surface area contributed by atoms with Crippen LogP contribution < -0.4 is 19.7 Å². The van der Waals surface area contributed by atoms with Crippen LogP contribution in [0.2, 0.25) is 0 Å². The maximum Gasteiger partial charge on any atom is 0.260 e. The number of carbonyl (C=O) groups excluding carboxylic acids is 1. The van der Waals surface area contributed by atoms with Gasteiger partial charge in [-0.15, -0.1) is 0 Å². The number of hydrogen-bond acceptors (Lipinski definition) is 10. The van der Waals surface area contributed by atoms with Crippen molar-refractivity contribution in [3.05, 3.63) is 36.8 Å². The highest BCUT2D eigenvalue weighted by Crippen LogP contribution is 2.31. The Labute approximate surface area is 227 Å². The van der Waals surface area contributed by atoms with Crippen molar-refractivity contribution in [3.8, 4) is 11.6 Å². The third kappa shape index (κ3) is 6.30. The first-order valence-electron chi connectivity index (χ1n) is 14.0. The van der Waals surface area contributed by atoms with E-state index in [-0.39, 0.29) is 24.7 Å². The summed E-state index contributed by atoms with van der Waals surface area (Å²) in [6.07, 6.45) is 11.0. The quantitative estimate of drug-likeness (QED) is 0.463. The third-order valence-electron chi connectivity index (χ3n) is 7.62. The van der Waals surface area contributed by atoms with Crippen molar-refractivity contribution in [1.29, 1.82) is 0 Å². The van der Waals surface area contributed by atoms with Gasteiger partial charge in [0.1, 0.15) is 11.9 Å². The lowest BCUT2D eigenvalue weighted by Crippen LogP contribution is -2.37. The van der Waals surface area contributed by atoms with Crippen LogP contribution in [0.5, 0.6) is 11.6 Å². The Morgan fingerprint density at radius 3 is 2.56 bits per heavy atom. The van der Waals surface area contributed by atoms with Crippen LogP contribution in [0.15, 0.2) is 36.8 Å². The molecule has 1 saturated carbocycles. The van der Waals surface area contributed by atoms with E-state index >= 15 is 0 Å². The van der Waals surface area contributed by atoms with Crippen molar-refractivity contribution >= 4 is 28.6 Å². The monoisotopic (exact) mass is 533 g/mol. The molecular formula is C28H35N7O4. The van der Waals surface area contributed by atoms with Crippen molar-refractivity contribution in [1.82, 2.24) is 24.8 Å². The highest BCUT2D eigenvalue weighted by Gasteiger charge is 2.25. The first-order chi connectivity index (χ1) is 19.2. The molecule has 1 amide bonds. The average molecular weight is 534 g/mol. The molecule has 0 aromatic carbocycles. The van der Waals surface area contributed by atoms with Gasteiger partial charge in [0.05, 0.1) is 36.5 Å². The van der Waals surface area contributed by atoms with Crippen LogP contribution in [-0.4, -0.2) is 88.9 Å². The lowest BCUT2D eigenvalue weighted by Gasteiger charge is -2.31. The van der Waals surface area contributed by atoms with E-state index in [2.05, 4.69) is 25.2 Å². The summed E-state index contributed by atoms with van der Waals surface area (Å²) in [5.74, 6) is 2.62. The minimum absolute atomic E-state index is 0.0148. The summed E-state index contributed by atoms with van der Waals surface area (Å²) in [6, 6.07) is 6.25. The predicted octanol–water partition coefficient (Wildman–Crippen LogP) is 3.06. The number of aromatic nitrogens is 4. The first-order valence-corrected chi connectivity index (χ1v) is 14.0. The van der Waals surface area contributed by atoms with Gasteiger partial charge >= 0.3 is 0 Å². The van der Waals surface area contributed by atoms with E-state index in [0.717, 1.165) is 81.4 Å². The Morgan fingerprint density at radius 2 is 1.79 bits per heavy atom. The predicted molar refractivity (Wildman–Crippen MR) is 146 cm³/mol. The molecule has 0 radical (unpaired) electrons. The highest BCUT2D eigenvalue weighted by atomic mass is 16.5. The van der Waals surface area contributed by atoms with Gasteiger partial charge in [-0.2, -0.15) is 4.98 Å². The number of nitrogens with one attached hydrogen (secondary N) is 1. The number of pyridine rings is 2. The molecule has 0 unspecified atom stereocenters. The van der Waals surface area contributed by atoms with E-state index in [4.69, 9.17) is 19.2 Å². The molecule has 3 aromatic heterocycles. The molecule has 5 heterocycles. The normalized spacial score (nSPS) is 21.6. The van der Waals surface area contributed by atoms with Crippen LogP contribution in [0.3, 0.4) is 0 Å². The van der Waals surface area contributed by atoms with Crippen LogP contribution in [-0.2, 0) is 9.53 Å². The lowest BCUT2D eigenvalue weighted by molar-refractivity contribution is -0.132. The minimum Gasteiger partial charge on any atom is -0.481 e. The standard InChI is InChI=1S/C28H35N7O4/c36-26(35-10-1-2-11-35)19-38-22-17-30-28(31-18-22)32-20-5-7-21(8-6-20)39-27-23-4-3-9-29-24(23)16-25(33-27)34-12-14-37-15-13-34/h3-4,9,16-18,20-21H,1-2,5-8,10-15,19H2,(H,30,31,32)/t20-,21+. The first kappa shape index (κ1) is 25.5. The molecule has 11 heteroatoms. The number of nitrogens with zero attached hydrogens (tertiary/aromatic N) is 6. The van der Waals surface area contributed by atoms with Gasteiger partial charge in [-0.25, -0.2) is 9.97 Å². The number of rotatable bonds is 8. The number of carbonyl (C=O) groups is 1. The Hall–Kier alpha value is -3.73. The second kappa shape index (κ2) is 12.0. The summed E-state index contributed by atoms with van der Waals surface area (Å²) in [5.41, 5.74) is 0.893. The van der Waals surface area contributed by atoms with Gasteiger partial charge in [0, 0.05) is 44.5 Å². The van der Waals surface area contributed by atoms with Crippen LogP contribution in [0, 0.1) is 0 Å². The van der Waals surface area contributed by atoms with Crippen LogP contribution >= 0.6 is 0 Å². The molecule has 2 saturated heterocycles. The molecule has 1 N–H and O–H groups in total. The summed E-state index contributed by atoms with van der Waals surface area (Å²) in [4.78, 5) is 34.5. The average Bonchev–Trinajstić information content (AvgIpc) is 3.54. The second-order valence-corrected chi connectivity index (χ2v) is 10.3. The van der Waals surface area contributed by atoms with E-state index in [1.807, 2.05) is 23.1 Å². The Kier molecular flexibility index (Phi) is 7.85. The van der Waals surface area contributed by atoms with Gasteiger partial charge in [-0.3, -0.25) is 9.78 Å². The molecule has 1 aliphatic carbocycles. The van der Waals surface area contributed by atoms with E-state index in [1.165, 1.54) is 0 Å². The van der Waals surface area contributed by atoms with Gasteiger partial charge < -0.3 is 29.3 Å². The summed E-state index contributed by atoms with van der Waals surface area (Å²) < 4.78 is 17.6. The van der Waals surface area contributed by atoms with Crippen LogP contribution in [0.1, 0.15) is 38.5 Å². The number of morpholine rings is 1. The molecule has 206 valence electrons. The van der Waals surface area contributed by atoms with Crippen molar-refractivity contribution in [2.45, 2.75) is 50.7 Å². The molecular weight excluding hydrogens is 498 g/mol. The van der Waals surface area contributed by atoms with E-state index in [0.29, 0.717) is 30.8 Å². The molecule has 0 spiro atoms. The molecule has 3 aliphatic rings. The van der Waals surface area contributed by atoms with Crippen LogP contribution in [0.4, 0.5) is 11.8 Å². The van der Waals surface area contributed by atoms with Gasteiger partial charge in [0.15, 0.2) is 12.4 Å². The molecule has 0 atom stereocenters. The van der Waals surface area contributed by atoms with E-state index in [9.17, 15) is 4.79 Å².